The van der Waals surface area contributed by atoms with E-state index in [1.165, 1.54) is 24.8 Å². The number of carboxylic acids is 1. The van der Waals surface area contributed by atoms with Crippen molar-refractivity contribution in [3.8, 4) is 11.1 Å². The second-order valence-corrected chi connectivity index (χ2v) is 15.5. The minimum atomic E-state index is -3.39. The Morgan fingerprint density at radius 1 is 0.981 bits per heavy atom. The van der Waals surface area contributed by atoms with Crippen molar-refractivity contribution in [2.24, 2.45) is 0 Å². The van der Waals surface area contributed by atoms with Gasteiger partial charge in [-0.3, -0.25) is 9.69 Å². The van der Waals surface area contributed by atoms with Crippen LogP contribution >= 0.6 is 0 Å². The molecule has 3 unspecified atom stereocenters. The average Bonchev–Trinajstić information content (AvgIpc) is 3.49. The van der Waals surface area contributed by atoms with Crippen molar-refractivity contribution in [2.45, 2.75) is 145 Å². The summed E-state index contributed by atoms with van der Waals surface area (Å²) in [7, 11) is -3.39. The molecule has 1 amide bonds. The van der Waals surface area contributed by atoms with E-state index in [0.29, 0.717) is 17.6 Å². The maximum atomic E-state index is 13.5. The van der Waals surface area contributed by atoms with Gasteiger partial charge in [0.2, 0.25) is 0 Å². The van der Waals surface area contributed by atoms with E-state index in [1.54, 1.807) is 12.1 Å². The zero-order valence-corrected chi connectivity index (χ0v) is 34.8. The molecule has 3 rings (SSSR count). The van der Waals surface area contributed by atoms with Crippen molar-refractivity contribution < 1.29 is 23.1 Å². The third-order valence-electron chi connectivity index (χ3n) is 8.69. The Balaban J connectivity index is 0.00000261. The van der Waals surface area contributed by atoms with Gasteiger partial charge in [-0.1, -0.05) is 141 Å². The number of carbonyl (C=O) groups is 2. The number of amides is 1. The van der Waals surface area contributed by atoms with E-state index >= 15 is 0 Å². The zero-order valence-electron chi connectivity index (χ0n) is 34.0. The van der Waals surface area contributed by atoms with E-state index in [2.05, 4.69) is 76.6 Å². The molecule has 1 aliphatic rings. The van der Waals surface area contributed by atoms with E-state index in [-0.39, 0.29) is 12.2 Å². The highest BCUT2D eigenvalue weighted by molar-refractivity contribution is 7.90. The Morgan fingerprint density at radius 3 is 2.12 bits per heavy atom. The lowest BCUT2D eigenvalue weighted by atomic mass is 9.93. The van der Waals surface area contributed by atoms with Crippen LogP contribution in [0.15, 0.2) is 78.9 Å². The molecule has 0 spiro atoms. The number of likely N-dealkylation sites (tertiary alicyclic amines) is 1. The van der Waals surface area contributed by atoms with E-state index in [9.17, 15) is 23.1 Å². The molecule has 0 radical (unpaired) electrons. The molecular weight excluding hydrogens is 669 g/mol. The van der Waals surface area contributed by atoms with Crippen molar-refractivity contribution in [1.82, 2.24) is 10.2 Å². The van der Waals surface area contributed by atoms with Gasteiger partial charge >= 0.3 is 5.97 Å². The third kappa shape index (κ3) is 17.8. The van der Waals surface area contributed by atoms with Crippen LogP contribution in [0.3, 0.4) is 0 Å². The molecule has 1 fully saturated rings. The highest BCUT2D eigenvalue weighted by Gasteiger charge is 2.33. The largest absolute Gasteiger partial charge is 0.480 e. The molecule has 1 aliphatic heterocycles. The molecule has 0 bridgehead atoms. The first-order valence-corrected chi connectivity index (χ1v) is 21.5. The lowest BCUT2D eigenvalue weighted by Gasteiger charge is -2.31. The first-order valence-electron chi connectivity index (χ1n) is 19.4. The highest BCUT2D eigenvalue weighted by atomic mass is 32.2. The Kier molecular flexibility index (Phi) is 25.3. The van der Waals surface area contributed by atoms with Gasteiger partial charge in [-0.05, 0) is 80.3 Å². The normalized spacial score (nSPS) is 16.4. The van der Waals surface area contributed by atoms with Crippen LogP contribution in [0.25, 0.3) is 11.1 Å². The first-order chi connectivity index (χ1) is 24.8. The molecule has 2 aromatic rings. The minimum Gasteiger partial charge on any atom is -0.480 e. The van der Waals surface area contributed by atoms with Crippen LogP contribution in [-0.2, 0) is 21.2 Å². The molecule has 8 heteroatoms. The fourth-order valence-electron chi connectivity index (χ4n) is 5.90. The lowest BCUT2D eigenvalue weighted by molar-refractivity contribution is -0.139. The minimum absolute atomic E-state index is 0.205. The van der Waals surface area contributed by atoms with Gasteiger partial charge in [0.1, 0.15) is 15.9 Å². The second-order valence-electron chi connectivity index (χ2n) is 13.2. The zero-order chi connectivity index (χ0) is 39.7. The fourth-order valence-corrected chi connectivity index (χ4v) is 6.57. The molecule has 0 aliphatic carbocycles. The van der Waals surface area contributed by atoms with Crippen LogP contribution < -0.4 is 5.32 Å². The quantitative estimate of drug-likeness (QED) is 0.166. The standard InChI is InChI=1S/C35H46N2O5S.C4H10.C3H8.C2H6/c1-6-9-14-26(8-3)22-29-18-17-28(12-7-2)37(29)24-27-16-19-31(32(23-27)30-15-11-10-13-25(30)4)34(38)36-33(35(39)40)20-21-43(5,41)42;1-3-4-2;1-3-2;1-2/h6,8-11,13-16,19,23,28-29,33H,1,7,12,17-18,20-22,24H2,2-5H3,(H,36,38)(H,39,40);3-4H2,1-2H3;3H2,1-2H3;1-2H3/b14-9-,26-8+;;;. The number of hydrogen-bond donors (Lipinski definition) is 2. The van der Waals surface area contributed by atoms with Gasteiger partial charge < -0.3 is 10.4 Å². The van der Waals surface area contributed by atoms with Crippen molar-refractivity contribution in [3.05, 3.63) is 95.6 Å². The fraction of sp³-hybridized carbons (Fsp3) is 0.545. The number of unbranched alkanes of at least 4 members (excludes halogenated alkanes) is 1. The van der Waals surface area contributed by atoms with Crippen LogP contribution in [0.5, 0.6) is 0 Å². The van der Waals surface area contributed by atoms with Gasteiger partial charge in [-0.2, -0.15) is 0 Å². The summed E-state index contributed by atoms with van der Waals surface area (Å²) in [5, 5.41) is 12.3. The topological polar surface area (TPSA) is 104 Å². The number of benzene rings is 2. The predicted molar refractivity (Wildman–Crippen MR) is 223 cm³/mol. The van der Waals surface area contributed by atoms with E-state index in [4.69, 9.17) is 0 Å². The Bertz CT molecular complexity index is 1510. The van der Waals surface area contributed by atoms with Crippen LogP contribution in [0, 0.1) is 6.92 Å². The monoisotopic (exact) mass is 739 g/mol. The molecule has 52 heavy (non-hydrogen) atoms. The van der Waals surface area contributed by atoms with E-state index < -0.39 is 27.8 Å². The molecule has 292 valence electrons. The molecule has 1 saturated heterocycles. The number of carbonyl (C=O) groups excluding carboxylic acids is 1. The number of sulfone groups is 1. The number of rotatable bonds is 16. The summed E-state index contributed by atoms with van der Waals surface area (Å²) in [5.74, 6) is -2.14. The Labute approximate surface area is 317 Å². The average molecular weight is 739 g/mol. The number of allylic oxidation sites excluding steroid dienone is 4. The van der Waals surface area contributed by atoms with Gasteiger partial charge in [-0.15, -0.1) is 0 Å². The van der Waals surface area contributed by atoms with E-state index in [0.717, 1.165) is 67.2 Å². The van der Waals surface area contributed by atoms with E-state index in [1.807, 2.05) is 57.2 Å². The number of nitrogens with zero attached hydrogens (tertiary/aromatic N) is 1. The van der Waals surface area contributed by atoms with Gasteiger partial charge in [0.15, 0.2) is 0 Å². The van der Waals surface area contributed by atoms with Gasteiger partial charge in [-0.25, -0.2) is 13.2 Å². The first kappa shape index (κ1) is 48.5. The summed E-state index contributed by atoms with van der Waals surface area (Å²) in [6.45, 7) is 23.4. The molecule has 0 aromatic heterocycles. The van der Waals surface area contributed by atoms with Gasteiger partial charge in [0.25, 0.3) is 5.91 Å². The van der Waals surface area contributed by atoms with Crippen LogP contribution in [0.2, 0.25) is 0 Å². The smallest absolute Gasteiger partial charge is 0.326 e. The second kappa shape index (κ2) is 27.2. The summed E-state index contributed by atoms with van der Waals surface area (Å²) < 4.78 is 23.3. The SMILES string of the molecule is C=C/C=C\C(=C/C)CC1CCC(CCC)N1Cc1ccc(C(=O)NC(CCS(C)(=O)=O)C(=O)O)c(-c2ccccc2C)c1.CC.CCC.CCCC. The maximum Gasteiger partial charge on any atom is 0.326 e. The number of hydrogen-bond acceptors (Lipinski definition) is 5. The van der Waals surface area contributed by atoms with Crippen molar-refractivity contribution >= 4 is 21.7 Å². The molecule has 2 N–H and O–H groups in total. The van der Waals surface area contributed by atoms with Crippen molar-refractivity contribution in [2.75, 3.05) is 12.0 Å². The molecule has 0 saturated carbocycles. The van der Waals surface area contributed by atoms with Crippen molar-refractivity contribution in [3.63, 3.8) is 0 Å². The molecule has 2 aromatic carbocycles. The van der Waals surface area contributed by atoms with Gasteiger partial charge in [0.05, 0.1) is 5.75 Å². The number of nitrogens with one attached hydrogen (secondary N) is 1. The highest BCUT2D eigenvalue weighted by Crippen LogP contribution is 2.34. The van der Waals surface area contributed by atoms with Crippen molar-refractivity contribution in [1.29, 1.82) is 0 Å². The lowest BCUT2D eigenvalue weighted by Crippen LogP contribution is -2.42. The number of aliphatic carboxylic acids is 1. The molecule has 3 atom stereocenters. The predicted octanol–water partition coefficient (Wildman–Crippen LogP) is 10.7. The van der Waals surface area contributed by atoms with Crippen LogP contribution in [0.1, 0.15) is 135 Å². The summed E-state index contributed by atoms with van der Waals surface area (Å²) >= 11 is 0. The maximum absolute atomic E-state index is 13.5. The third-order valence-corrected chi connectivity index (χ3v) is 9.67. The molecule has 7 nitrogen and oxygen atoms in total. The van der Waals surface area contributed by atoms with Gasteiger partial charge in [0, 0.05) is 30.4 Å². The summed E-state index contributed by atoms with van der Waals surface area (Å²) in [6.07, 6.45) is 18.3. The van der Waals surface area contributed by atoms with Crippen LogP contribution in [-0.4, -0.2) is 60.4 Å². The van der Waals surface area contributed by atoms with Crippen LogP contribution in [0.4, 0.5) is 0 Å². The Hall–Kier alpha value is -3.49. The summed E-state index contributed by atoms with van der Waals surface area (Å²) in [4.78, 5) is 28.0. The molecule has 1 heterocycles. The number of carboxylic acid groups (broad SMARTS) is 1. The Morgan fingerprint density at radius 2 is 1.60 bits per heavy atom. The number of aryl methyl sites for hydroxylation is 1. The summed E-state index contributed by atoms with van der Waals surface area (Å²) in [5.41, 5.74) is 5.34. The summed E-state index contributed by atoms with van der Waals surface area (Å²) in [6, 6.07) is 13.1. The molecular formula is C44H70N2O5S.